The van der Waals surface area contributed by atoms with Crippen LogP contribution in [0.4, 0.5) is 0 Å². The predicted octanol–water partition coefficient (Wildman–Crippen LogP) is 6.31. The fourth-order valence-electron chi connectivity index (χ4n) is 9.88. The first-order valence-electron chi connectivity index (χ1n) is 29.3. The highest BCUT2D eigenvalue weighted by Crippen LogP contribution is 2.33. The lowest BCUT2D eigenvalue weighted by molar-refractivity contribution is -0.165. The fraction of sp³-hybridized carbons (Fsp3) is 0.470. The summed E-state index contributed by atoms with van der Waals surface area (Å²) < 4.78 is 35.0. The number of Topliss-reactive ketones (excluding diaryl/α,β-unsaturated/α-hetero) is 1. The van der Waals surface area contributed by atoms with Gasteiger partial charge in [-0.05, 0) is 127 Å². The summed E-state index contributed by atoms with van der Waals surface area (Å²) in [4.78, 5) is 133. The Morgan fingerprint density at radius 1 is 0.701 bits per heavy atom. The van der Waals surface area contributed by atoms with Crippen molar-refractivity contribution >= 4 is 53.2 Å². The highest BCUT2D eigenvalue weighted by Gasteiger charge is 2.43. The van der Waals surface area contributed by atoms with Gasteiger partial charge in [-0.2, -0.15) is 0 Å². The van der Waals surface area contributed by atoms with Crippen LogP contribution in [0.15, 0.2) is 115 Å². The van der Waals surface area contributed by atoms with Crippen molar-refractivity contribution in [3.8, 4) is 17.2 Å². The smallest absolute Gasteiger partial charge is 0.330 e. The number of ether oxygens (including phenoxy) is 6. The maximum absolute atomic E-state index is 15.0. The van der Waals surface area contributed by atoms with Crippen LogP contribution in [0.5, 0.6) is 17.2 Å². The highest BCUT2D eigenvalue weighted by molar-refractivity contribution is 6.38. The van der Waals surface area contributed by atoms with Crippen molar-refractivity contribution in [3.05, 3.63) is 138 Å². The van der Waals surface area contributed by atoms with Crippen molar-refractivity contribution in [2.75, 3.05) is 68.3 Å². The van der Waals surface area contributed by atoms with Gasteiger partial charge in [0.25, 0.3) is 11.8 Å². The van der Waals surface area contributed by atoms with Crippen LogP contribution in [0, 0.1) is 5.41 Å². The number of ketones is 1. The number of fused-ring (bicyclic) bond motifs is 3. The summed E-state index contributed by atoms with van der Waals surface area (Å²) in [6, 6.07) is 23.4. The molecule has 468 valence electrons. The summed E-state index contributed by atoms with van der Waals surface area (Å²) in [5.41, 5.74) is 0.136. The van der Waals surface area contributed by atoms with Gasteiger partial charge in [0.05, 0.1) is 31.8 Å². The molecular weight excluding hydrogens is 1120 g/mol. The van der Waals surface area contributed by atoms with E-state index in [2.05, 4.69) is 10.6 Å². The van der Waals surface area contributed by atoms with Crippen LogP contribution in [-0.4, -0.2) is 171 Å². The van der Waals surface area contributed by atoms with E-state index in [9.17, 15) is 43.2 Å². The molecule has 2 N–H and O–H groups in total. The third-order valence-corrected chi connectivity index (χ3v) is 15.4. The van der Waals surface area contributed by atoms with E-state index in [1.807, 2.05) is 30.3 Å². The van der Waals surface area contributed by atoms with Crippen LogP contribution < -0.4 is 24.8 Å². The highest BCUT2D eigenvalue weighted by atomic mass is 16.5. The topological polar surface area (TPSA) is 246 Å². The average Bonchev–Trinajstić information content (AvgIpc) is 3.12. The van der Waals surface area contributed by atoms with Crippen molar-refractivity contribution in [2.45, 2.75) is 128 Å². The fourth-order valence-corrected chi connectivity index (χ4v) is 9.88. The summed E-state index contributed by atoms with van der Waals surface area (Å²) in [5.74, 6) is -5.31. The monoisotopic (exact) mass is 1200 g/mol. The lowest BCUT2D eigenvalue weighted by atomic mass is 9.87. The Labute approximate surface area is 510 Å². The standard InChI is InChI=1S/C66H84N6O15/c1-43-59(76)68-57(46-25-16-13-17-26-46)62(79)71(9)51(40-86-65(2,3)4)60(77)67-49(37-44-23-14-12-15-24-44)61(78)69(7)35-20-19-30-56(74)85-42-66(5,6)58(75)63(80)72-36-21-18-29-50(72)64(81)87-52(33-31-45-32-34-53(82-10)54(38-45)83-11)47-27-22-28-48(39-47)84-41-55(73)70(43)8/h12-17,19,22-28,30,32,34,38-39,43,49-52,57H,18,20-21,29,31,33,35-37,40-42H2,1-11H3,(H,67,77)(H,68,76)/b30-19-/t43-,49+,50-,51-,52+,57?/m0/s1. The van der Waals surface area contributed by atoms with Crippen LogP contribution in [0.2, 0.25) is 0 Å². The number of esters is 2. The van der Waals surface area contributed by atoms with Gasteiger partial charge in [0.1, 0.15) is 48.7 Å². The summed E-state index contributed by atoms with van der Waals surface area (Å²) in [5, 5.41) is 5.72. The van der Waals surface area contributed by atoms with Gasteiger partial charge in [-0.1, -0.05) is 84.9 Å². The van der Waals surface area contributed by atoms with Crippen LogP contribution in [-0.2, 0) is 70.2 Å². The van der Waals surface area contributed by atoms with Gasteiger partial charge in [0.15, 0.2) is 18.1 Å². The molecule has 2 bridgehead atoms. The Kier molecular flexibility index (Phi) is 24.2. The Balaban J connectivity index is 1.34. The molecule has 0 aliphatic carbocycles. The molecule has 87 heavy (non-hydrogen) atoms. The van der Waals surface area contributed by atoms with Crippen molar-refractivity contribution in [1.82, 2.24) is 30.2 Å². The molecule has 0 spiro atoms. The van der Waals surface area contributed by atoms with E-state index < -0.39 is 114 Å². The number of amides is 6. The Bertz CT molecular complexity index is 3090. The number of benzene rings is 4. The van der Waals surface area contributed by atoms with Crippen molar-refractivity contribution < 1.29 is 71.6 Å². The molecule has 1 unspecified atom stereocenters. The minimum absolute atomic E-state index is 0.0648. The zero-order valence-corrected chi connectivity index (χ0v) is 51.8. The largest absolute Gasteiger partial charge is 0.493 e. The van der Waals surface area contributed by atoms with Gasteiger partial charge in [0.2, 0.25) is 29.4 Å². The number of cyclic esters (lactones) is 2. The lowest BCUT2D eigenvalue weighted by Gasteiger charge is -2.36. The molecule has 2 heterocycles. The number of likely N-dealkylation sites (N-methyl/N-ethyl adjacent to an activating group) is 3. The van der Waals surface area contributed by atoms with Gasteiger partial charge in [-0.15, -0.1) is 0 Å². The van der Waals surface area contributed by atoms with E-state index in [4.69, 9.17) is 28.4 Å². The average molecular weight is 1200 g/mol. The molecular formula is C66H84N6O15. The number of carbonyl (C=O) groups is 9. The van der Waals surface area contributed by atoms with Gasteiger partial charge in [0, 0.05) is 46.7 Å². The van der Waals surface area contributed by atoms with Crippen LogP contribution in [0.3, 0.4) is 0 Å². The zero-order chi connectivity index (χ0) is 63.6. The van der Waals surface area contributed by atoms with Crippen molar-refractivity contribution in [3.63, 3.8) is 0 Å². The first-order chi connectivity index (χ1) is 41.3. The summed E-state index contributed by atoms with van der Waals surface area (Å²) in [7, 11) is 7.43. The second kappa shape index (κ2) is 31.2. The molecule has 4 aromatic rings. The number of hydrogen-bond donors (Lipinski definition) is 2. The number of methoxy groups -OCH3 is 2. The van der Waals surface area contributed by atoms with Gasteiger partial charge < -0.3 is 58.7 Å². The molecule has 0 saturated carbocycles. The summed E-state index contributed by atoms with van der Waals surface area (Å²) in [6.07, 6.45) is 3.86. The number of nitrogens with one attached hydrogen (secondary N) is 2. The van der Waals surface area contributed by atoms with E-state index in [0.29, 0.717) is 41.9 Å². The molecule has 1 saturated heterocycles. The molecule has 6 atom stereocenters. The van der Waals surface area contributed by atoms with Crippen LogP contribution in [0.25, 0.3) is 0 Å². The number of carbonyl (C=O) groups excluding carboxylic acids is 9. The molecule has 0 radical (unpaired) electrons. The number of piperidine rings is 1. The SMILES string of the molecule is COc1ccc(CC[C@H]2OC(=O)[C@@H]3CCCCN3C(=O)C(=O)C(C)(C)COC(=O)/C=C\CCN(C)C(=O)[C@@H](Cc3ccccc3)NC(=O)[C@H](COC(C)(C)C)N(C)C(=O)C(c3ccccc3)NC(=O)[C@H](C)N(C)C(=O)COc3cccc2c3)cc1OC. The normalized spacial score (nSPS) is 22.8. The minimum atomic E-state index is -1.51. The molecule has 4 aromatic carbocycles. The molecule has 6 rings (SSSR count). The second-order valence-electron chi connectivity index (χ2n) is 23.5. The molecule has 0 aromatic heterocycles. The Hall–Kier alpha value is -8.59. The van der Waals surface area contributed by atoms with Crippen LogP contribution in [0.1, 0.15) is 108 Å². The predicted molar refractivity (Wildman–Crippen MR) is 323 cm³/mol. The van der Waals surface area contributed by atoms with Gasteiger partial charge in [-0.3, -0.25) is 33.6 Å². The third kappa shape index (κ3) is 19.0. The third-order valence-electron chi connectivity index (χ3n) is 15.4. The van der Waals surface area contributed by atoms with E-state index in [0.717, 1.165) is 17.2 Å². The van der Waals surface area contributed by atoms with Gasteiger partial charge in [-0.25, -0.2) is 9.59 Å². The second-order valence-corrected chi connectivity index (χ2v) is 23.5. The maximum atomic E-state index is 15.0. The molecule has 2 aliphatic rings. The number of nitrogens with zero attached hydrogens (tertiary/aromatic N) is 4. The maximum Gasteiger partial charge on any atom is 0.330 e. The number of rotatable bonds is 10. The Morgan fingerprint density at radius 3 is 2.06 bits per heavy atom. The Morgan fingerprint density at radius 2 is 1.38 bits per heavy atom. The van der Waals surface area contributed by atoms with E-state index in [1.54, 1.807) is 101 Å². The number of aryl methyl sites for hydroxylation is 1. The first kappa shape index (κ1) is 67.5. The zero-order valence-electron chi connectivity index (χ0n) is 51.8. The lowest BCUT2D eigenvalue weighted by Crippen LogP contribution is -2.58. The van der Waals surface area contributed by atoms with Crippen LogP contribution >= 0.6 is 0 Å². The summed E-state index contributed by atoms with van der Waals surface area (Å²) >= 11 is 0. The molecule has 21 heteroatoms. The number of hydrogen-bond acceptors (Lipinski definition) is 15. The van der Waals surface area contributed by atoms with Gasteiger partial charge >= 0.3 is 11.9 Å². The minimum Gasteiger partial charge on any atom is -0.493 e. The molecule has 21 nitrogen and oxygen atoms in total. The first-order valence-corrected chi connectivity index (χ1v) is 29.3. The molecule has 6 amide bonds. The quantitative estimate of drug-likeness (QED) is 0.130. The summed E-state index contributed by atoms with van der Waals surface area (Å²) in [6.45, 7) is 8.68. The van der Waals surface area contributed by atoms with E-state index in [-0.39, 0.29) is 51.1 Å². The van der Waals surface area contributed by atoms with Crippen molar-refractivity contribution in [1.29, 1.82) is 0 Å². The van der Waals surface area contributed by atoms with E-state index >= 15 is 0 Å². The van der Waals surface area contributed by atoms with Crippen molar-refractivity contribution in [2.24, 2.45) is 5.41 Å². The molecule has 1 fully saturated rings. The van der Waals surface area contributed by atoms with E-state index in [1.165, 1.54) is 74.8 Å². The molecule has 2 aliphatic heterocycles.